The van der Waals surface area contributed by atoms with Crippen LogP contribution in [-0.4, -0.2) is 60.1 Å². The van der Waals surface area contributed by atoms with Crippen LogP contribution in [0.25, 0.3) is 0 Å². The van der Waals surface area contributed by atoms with Gasteiger partial charge in [0, 0.05) is 0 Å². The maximum absolute atomic E-state index is 16.4. The quantitative estimate of drug-likeness (QED) is 0.112. The summed E-state index contributed by atoms with van der Waals surface area (Å²) in [6.07, 6.45) is -3.35. The molecule has 0 saturated heterocycles. The number of benzene rings is 4. The zero-order valence-corrected chi connectivity index (χ0v) is 30.1. The van der Waals surface area contributed by atoms with Gasteiger partial charge in [0.2, 0.25) is 0 Å². The monoisotopic (exact) mass is 657 g/mol. The predicted octanol–water partition coefficient (Wildman–Crippen LogP) is 5.84. The average molecular weight is 658 g/mol. The highest BCUT2D eigenvalue weighted by atomic mass is 28.4. The SMILES string of the molecule is CO/N=C/[C@@H](F)[C@H](O[Si](c1ccccc1)(c1ccccc1)C(C)(C)C)[C@H](O)CO[Si](c1ccccc1)(c1ccccc1)C(C)(C)C. The van der Waals surface area contributed by atoms with Crippen molar-refractivity contribution in [1.82, 2.24) is 0 Å². The summed E-state index contributed by atoms with van der Waals surface area (Å²) in [4.78, 5) is 4.86. The van der Waals surface area contributed by atoms with Gasteiger partial charge in [-0.05, 0) is 30.8 Å². The number of nitrogens with zero attached hydrogens (tertiary/aromatic N) is 1. The number of aliphatic hydroxyl groups excluding tert-OH is 1. The molecule has 0 aliphatic carbocycles. The fourth-order valence-electron chi connectivity index (χ4n) is 6.52. The summed E-state index contributed by atoms with van der Waals surface area (Å²) < 4.78 is 30.6. The van der Waals surface area contributed by atoms with Crippen molar-refractivity contribution < 1.29 is 23.2 Å². The lowest BCUT2D eigenvalue weighted by atomic mass is 10.1. The Bertz CT molecular complexity index is 1430. The summed E-state index contributed by atoms with van der Waals surface area (Å²) >= 11 is 0. The predicted molar refractivity (Wildman–Crippen MR) is 192 cm³/mol. The van der Waals surface area contributed by atoms with Gasteiger partial charge in [-0.25, -0.2) is 4.39 Å². The van der Waals surface area contributed by atoms with E-state index >= 15 is 4.39 Å². The second kappa shape index (κ2) is 15.0. The van der Waals surface area contributed by atoms with Gasteiger partial charge in [-0.1, -0.05) is 168 Å². The third kappa shape index (κ3) is 7.26. The molecule has 4 aromatic carbocycles. The minimum absolute atomic E-state index is 0.141. The van der Waals surface area contributed by atoms with E-state index in [9.17, 15) is 5.11 Å². The van der Waals surface area contributed by atoms with Crippen LogP contribution in [0.4, 0.5) is 4.39 Å². The standard InChI is InChI=1S/C38H48FNO4Si2/c1-37(2,3)45(30-20-12-8-13-21-30,31-22-14-9-15-23-31)43-29-35(41)36(34(39)28-40-42-7)44-46(38(4,5)6,32-24-16-10-17-25-32)33-26-18-11-19-27-33/h8-28,34-36,41H,29H2,1-7H3/b40-28+/t34-,35-,36+/m1/s1. The van der Waals surface area contributed by atoms with Crippen molar-refractivity contribution in [2.24, 2.45) is 5.16 Å². The van der Waals surface area contributed by atoms with Crippen LogP contribution in [0.3, 0.4) is 0 Å². The molecule has 3 atom stereocenters. The molecule has 0 fully saturated rings. The van der Waals surface area contributed by atoms with Gasteiger partial charge in [0.05, 0.1) is 12.8 Å². The first kappa shape index (κ1) is 35.4. The van der Waals surface area contributed by atoms with Gasteiger partial charge in [-0.15, -0.1) is 0 Å². The maximum Gasteiger partial charge on any atom is 0.261 e. The van der Waals surface area contributed by atoms with Crippen LogP contribution in [-0.2, 0) is 13.7 Å². The van der Waals surface area contributed by atoms with Gasteiger partial charge in [-0.2, -0.15) is 0 Å². The Morgan fingerprint density at radius 1 is 0.652 bits per heavy atom. The Morgan fingerprint density at radius 2 is 1.00 bits per heavy atom. The van der Waals surface area contributed by atoms with Gasteiger partial charge in [0.15, 0.2) is 6.17 Å². The molecule has 8 heteroatoms. The van der Waals surface area contributed by atoms with Crippen molar-refractivity contribution in [3.05, 3.63) is 121 Å². The van der Waals surface area contributed by atoms with Gasteiger partial charge >= 0.3 is 0 Å². The molecule has 4 rings (SSSR count). The summed E-state index contributed by atoms with van der Waals surface area (Å²) in [6.45, 7) is 12.7. The average Bonchev–Trinajstić information content (AvgIpc) is 3.05. The van der Waals surface area contributed by atoms with Crippen molar-refractivity contribution in [1.29, 1.82) is 0 Å². The van der Waals surface area contributed by atoms with E-state index in [0.29, 0.717) is 0 Å². The first-order valence-electron chi connectivity index (χ1n) is 15.8. The van der Waals surface area contributed by atoms with Crippen LogP contribution in [0.5, 0.6) is 0 Å². The zero-order chi connectivity index (χ0) is 33.4. The van der Waals surface area contributed by atoms with E-state index in [2.05, 4.69) is 71.0 Å². The second-order valence-corrected chi connectivity index (χ2v) is 22.2. The number of oxime groups is 1. The van der Waals surface area contributed by atoms with E-state index in [1.165, 1.54) is 7.11 Å². The fourth-order valence-corrected chi connectivity index (χ4v) is 15.8. The molecule has 1 N–H and O–H groups in total. The third-order valence-electron chi connectivity index (χ3n) is 8.62. The Hall–Kier alpha value is -3.41. The van der Waals surface area contributed by atoms with Crippen LogP contribution >= 0.6 is 0 Å². The molecular weight excluding hydrogens is 610 g/mol. The summed E-state index contributed by atoms with van der Waals surface area (Å²) in [6, 6.07) is 40.4. The van der Waals surface area contributed by atoms with Gasteiger partial charge < -0.3 is 18.8 Å². The van der Waals surface area contributed by atoms with E-state index in [1.54, 1.807) is 0 Å². The van der Waals surface area contributed by atoms with Crippen LogP contribution < -0.4 is 20.7 Å². The number of rotatable bonds is 13. The lowest BCUT2D eigenvalue weighted by Crippen LogP contribution is -2.70. The second-order valence-electron chi connectivity index (χ2n) is 13.7. The largest absolute Gasteiger partial charge is 0.405 e. The molecular formula is C38H48FNO4Si2. The molecule has 0 radical (unpaired) electrons. The van der Waals surface area contributed by atoms with E-state index in [-0.39, 0.29) is 11.6 Å². The fraction of sp³-hybridized carbons (Fsp3) is 0.342. The van der Waals surface area contributed by atoms with E-state index in [0.717, 1.165) is 27.0 Å². The van der Waals surface area contributed by atoms with Crippen LogP contribution in [0.2, 0.25) is 10.1 Å². The minimum atomic E-state index is -3.26. The van der Waals surface area contributed by atoms with Crippen molar-refractivity contribution in [2.45, 2.75) is 70.0 Å². The molecule has 46 heavy (non-hydrogen) atoms. The smallest absolute Gasteiger partial charge is 0.261 e. The molecule has 0 aliphatic rings. The molecule has 0 heterocycles. The van der Waals surface area contributed by atoms with E-state index < -0.39 is 40.1 Å². The number of hydrogen-bond donors (Lipinski definition) is 1. The Labute approximate surface area is 276 Å². The van der Waals surface area contributed by atoms with Crippen molar-refractivity contribution in [3.8, 4) is 0 Å². The molecule has 0 saturated carbocycles. The summed E-state index contributed by atoms with van der Waals surface area (Å²) in [7, 11) is -4.92. The Balaban J connectivity index is 1.85. The summed E-state index contributed by atoms with van der Waals surface area (Å²) in [5.74, 6) is 0. The molecule has 0 bridgehead atoms. The normalized spacial score (nSPS) is 15.0. The van der Waals surface area contributed by atoms with Gasteiger partial charge in [0.25, 0.3) is 16.6 Å². The molecule has 0 amide bonds. The first-order chi connectivity index (χ1) is 21.9. The van der Waals surface area contributed by atoms with Crippen LogP contribution in [0, 0.1) is 0 Å². The summed E-state index contributed by atoms with van der Waals surface area (Å²) in [5, 5.41) is 19.2. The van der Waals surface area contributed by atoms with E-state index in [4.69, 9.17) is 13.7 Å². The molecule has 0 aromatic heterocycles. The Kier molecular flexibility index (Phi) is 11.6. The number of alkyl halides is 1. The van der Waals surface area contributed by atoms with Gasteiger partial charge in [0.1, 0.15) is 19.3 Å². The first-order valence-corrected chi connectivity index (χ1v) is 19.6. The van der Waals surface area contributed by atoms with E-state index in [1.807, 2.05) is 97.1 Å². The highest BCUT2D eigenvalue weighted by molar-refractivity contribution is 7.00. The number of halogens is 1. The molecule has 4 aromatic rings. The maximum atomic E-state index is 16.4. The molecule has 0 aliphatic heterocycles. The topological polar surface area (TPSA) is 60.3 Å². The van der Waals surface area contributed by atoms with Crippen molar-refractivity contribution >= 4 is 43.6 Å². The minimum Gasteiger partial charge on any atom is -0.405 e. The molecule has 244 valence electrons. The zero-order valence-electron chi connectivity index (χ0n) is 28.1. The highest BCUT2D eigenvalue weighted by Gasteiger charge is 2.54. The molecule has 5 nitrogen and oxygen atoms in total. The van der Waals surface area contributed by atoms with Crippen molar-refractivity contribution in [2.75, 3.05) is 13.7 Å². The van der Waals surface area contributed by atoms with Crippen molar-refractivity contribution in [3.63, 3.8) is 0 Å². The van der Waals surface area contributed by atoms with Crippen LogP contribution in [0.15, 0.2) is 126 Å². The lowest BCUT2D eigenvalue weighted by Gasteiger charge is -2.47. The van der Waals surface area contributed by atoms with Crippen LogP contribution in [0.1, 0.15) is 41.5 Å². The molecule has 0 spiro atoms. The number of hydrogen-bond acceptors (Lipinski definition) is 5. The van der Waals surface area contributed by atoms with Gasteiger partial charge in [-0.3, -0.25) is 0 Å². The highest BCUT2D eigenvalue weighted by Crippen LogP contribution is 2.40. The third-order valence-corrected chi connectivity index (χ3v) is 18.7. The Morgan fingerprint density at radius 3 is 1.33 bits per heavy atom. The summed E-state index contributed by atoms with van der Waals surface area (Å²) in [5.41, 5.74) is 0. The molecule has 0 unspecified atom stereocenters. The number of aliphatic hydroxyl groups is 1. The lowest BCUT2D eigenvalue weighted by molar-refractivity contribution is -0.0236.